The van der Waals surface area contributed by atoms with Gasteiger partial charge in [-0.2, -0.15) is 0 Å². The fraction of sp³-hybridized carbons (Fsp3) is 0.219. The van der Waals surface area contributed by atoms with Crippen LogP contribution in [0.25, 0.3) is 17.0 Å². The van der Waals surface area contributed by atoms with E-state index in [1.54, 1.807) is 49.6 Å². The number of methoxy groups -OCH3 is 1. The number of para-hydroxylation sites is 1. The molecule has 3 heterocycles. The number of esters is 1. The summed E-state index contributed by atoms with van der Waals surface area (Å²) in [4.78, 5) is 32.0. The van der Waals surface area contributed by atoms with E-state index in [9.17, 15) is 14.7 Å². The summed E-state index contributed by atoms with van der Waals surface area (Å²) in [7, 11) is 1.59. The Balaban J connectivity index is 1.51. The topological polar surface area (TPSA) is 102 Å². The first kappa shape index (κ1) is 29.2. The third-order valence-electron chi connectivity index (χ3n) is 6.71. The number of rotatable bonds is 10. The summed E-state index contributed by atoms with van der Waals surface area (Å²) in [6, 6.07) is 17.1. The Labute approximate surface area is 252 Å². The number of benzene rings is 2. The molecule has 0 saturated carbocycles. The van der Waals surface area contributed by atoms with E-state index in [1.807, 2.05) is 46.5 Å². The maximum absolute atomic E-state index is 12.9. The van der Waals surface area contributed by atoms with Crippen molar-refractivity contribution in [3.8, 4) is 5.75 Å². The van der Waals surface area contributed by atoms with Crippen LogP contribution in [0.1, 0.15) is 29.9 Å². The first-order chi connectivity index (χ1) is 20.4. The number of aryl methyl sites for hydroxylation is 1. The van der Waals surface area contributed by atoms with Crippen molar-refractivity contribution in [3.63, 3.8) is 0 Å². The van der Waals surface area contributed by atoms with Crippen LogP contribution in [0, 0.1) is 0 Å². The number of aliphatic imine (C=N–C) groups is 1. The fourth-order valence-corrected chi connectivity index (χ4v) is 6.38. The Kier molecular flexibility index (Phi) is 9.14. The number of hydrogen-bond donors (Lipinski definition) is 2. The van der Waals surface area contributed by atoms with Crippen molar-refractivity contribution in [1.29, 1.82) is 0 Å². The van der Waals surface area contributed by atoms with Crippen LogP contribution in [0.2, 0.25) is 0 Å². The van der Waals surface area contributed by atoms with Gasteiger partial charge in [0.05, 0.1) is 36.4 Å². The number of nitrogens with one attached hydrogen (secondary N) is 1. The van der Waals surface area contributed by atoms with Gasteiger partial charge >= 0.3 is 5.97 Å². The lowest BCUT2D eigenvalue weighted by Gasteiger charge is -2.09. The van der Waals surface area contributed by atoms with Crippen molar-refractivity contribution in [2.75, 3.05) is 13.7 Å². The monoisotopic (exact) mass is 601 g/mol. The molecule has 1 aliphatic rings. The predicted molar refractivity (Wildman–Crippen MR) is 169 cm³/mol. The average molecular weight is 602 g/mol. The summed E-state index contributed by atoms with van der Waals surface area (Å²) in [6.07, 6.45) is 4.54. The van der Waals surface area contributed by atoms with Gasteiger partial charge in [0.2, 0.25) is 5.91 Å². The Bertz CT molecular complexity index is 1700. The van der Waals surface area contributed by atoms with Crippen LogP contribution in [0.4, 0.5) is 5.69 Å². The molecule has 0 fully saturated rings. The Morgan fingerprint density at radius 1 is 1.10 bits per heavy atom. The number of hydrogen-bond acceptors (Lipinski definition) is 8. The molecule has 1 amide bonds. The molecule has 2 aromatic heterocycles. The number of aliphatic hydroxyl groups excluding tert-OH is 1. The van der Waals surface area contributed by atoms with Crippen LogP contribution in [0.15, 0.2) is 87.4 Å². The molecule has 0 aliphatic carbocycles. The molecule has 8 nitrogen and oxygen atoms in total. The van der Waals surface area contributed by atoms with Crippen molar-refractivity contribution in [1.82, 2.24) is 9.88 Å². The highest BCUT2D eigenvalue weighted by Gasteiger charge is 2.33. The van der Waals surface area contributed by atoms with E-state index in [0.717, 1.165) is 33.3 Å². The number of aromatic nitrogens is 1. The van der Waals surface area contributed by atoms with Crippen molar-refractivity contribution in [3.05, 3.63) is 98.4 Å². The number of carbonyl (C=O) groups is 2. The first-order valence-corrected chi connectivity index (χ1v) is 15.2. The van der Waals surface area contributed by atoms with Gasteiger partial charge in [-0.25, -0.2) is 9.79 Å². The Morgan fingerprint density at radius 2 is 1.90 bits per heavy atom. The second-order valence-corrected chi connectivity index (χ2v) is 11.5. The summed E-state index contributed by atoms with van der Waals surface area (Å²) < 4.78 is 12.4. The van der Waals surface area contributed by atoms with Gasteiger partial charge in [-0.05, 0) is 60.7 Å². The zero-order valence-electron chi connectivity index (χ0n) is 23.5. The van der Waals surface area contributed by atoms with Gasteiger partial charge in [0.25, 0.3) is 0 Å². The number of ether oxygens (including phenoxy) is 2. The molecular formula is C32H31N3O5S2. The highest BCUT2D eigenvalue weighted by molar-refractivity contribution is 8.18. The van der Waals surface area contributed by atoms with Gasteiger partial charge in [-0.1, -0.05) is 43.0 Å². The largest absolute Gasteiger partial charge is 0.506 e. The minimum atomic E-state index is -0.642. The third kappa shape index (κ3) is 6.29. The molecule has 5 rings (SSSR count). The number of carbonyl (C=O) groups excluding carboxylic acids is 2. The number of thiophene rings is 1. The molecule has 0 radical (unpaired) electrons. The number of fused-ring (bicyclic) bond motifs is 1. The summed E-state index contributed by atoms with van der Waals surface area (Å²) in [5.41, 5.74) is 3.51. The molecule has 4 aromatic rings. The molecular weight excluding hydrogens is 571 g/mol. The van der Waals surface area contributed by atoms with Crippen molar-refractivity contribution in [2.24, 2.45) is 4.99 Å². The van der Waals surface area contributed by atoms with E-state index >= 15 is 0 Å². The normalized spacial score (nSPS) is 15.1. The Hall–Kier alpha value is -4.28. The van der Waals surface area contributed by atoms with Crippen LogP contribution < -0.4 is 10.1 Å². The van der Waals surface area contributed by atoms with Gasteiger partial charge < -0.3 is 24.5 Å². The second kappa shape index (κ2) is 13.1. The molecule has 0 atom stereocenters. The van der Waals surface area contributed by atoms with Crippen LogP contribution in [-0.2, 0) is 33.8 Å². The minimum Gasteiger partial charge on any atom is -0.506 e. The van der Waals surface area contributed by atoms with Crippen LogP contribution >= 0.6 is 23.1 Å². The molecule has 2 aromatic carbocycles. The van der Waals surface area contributed by atoms with Crippen LogP contribution in [-0.4, -0.2) is 40.3 Å². The Morgan fingerprint density at radius 3 is 2.60 bits per heavy atom. The molecule has 1 aliphatic heterocycles. The highest BCUT2D eigenvalue weighted by Crippen LogP contribution is 2.41. The van der Waals surface area contributed by atoms with E-state index in [4.69, 9.17) is 9.47 Å². The van der Waals surface area contributed by atoms with E-state index < -0.39 is 5.97 Å². The average Bonchev–Trinajstić information content (AvgIpc) is 3.71. The highest BCUT2D eigenvalue weighted by atomic mass is 32.2. The van der Waals surface area contributed by atoms with Gasteiger partial charge in [0.15, 0.2) is 0 Å². The third-order valence-corrected chi connectivity index (χ3v) is 8.60. The van der Waals surface area contributed by atoms with Crippen LogP contribution in [0.5, 0.6) is 5.75 Å². The summed E-state index contributed by atoms with van der Waals surface area (Å²) >= 11 is 2.80. The number of thioether (sulfide) groups is 1. The smallest absolute Gasteiger partial charge is 0.344 e. The van der Waals surface area contributed by atoms with Gasteiger partial charge in [-0.15, -0.1) is 11.3 Å². The number of aliphatic hydroxyl groups is 1. The zero-order valence-corrected chi connectivity index (χ0v) is 25.2. The van der Waals surface area contributed by atoms with E-state index in [2.05, 4.69) is 23.3 Å². The summed E-state index contributed by atoms with van der Waals surface area (Å²) in [5, 5.41) is 17.5. The standard InChI is InChI=1S/C32H31N3O5S2/c1-4-20-8-6-10-25-21(18-35(29(20)25)19-27(36)33-17-24-9-7-15-41-24)16-26-30(37)28(32(38)40-5-2)31(42-26)34-22-11-13-23(39-3)14-12-22/h6-16,18,37H,4-5,17,19H2,1-3H3,(H,33,36)/b26-16-,34-31?. The lowest BCUT2D eigenvalue weighted by molar-refractivity contribution is -0.138. The molecule has 216 valence electrons. The van der Waals surface area contributed by atoms with E-state index in [0.29, 0.717) is 27.9 Å². The van der Waals surface area contributed by atoms with Gasteiger partial charge in [-0.3, -0.25) is 4.79 Å². The molecule has 0 unspecified atom stereocenters. The quantitative estimate of drug-likeness (QED) is 0.194. The SMILES string of the molecule is CCOC(=O)C1=C(O)/C(=C/c2cn(CC(=O)NCc3cccs3)c3c(CC)cccc23)SC1=Nc1ccc(OC)cc1. The number of nitrogens with zero attached hydrogens (tertiary/aromatic N) is 2. The summed E-state index contributed by atoms with van der Waals surface area (Å²) in [5.74, 6) is -0.240. The van der Waals surface area contributed by atoms with Crippen molar-refractivity contribution in [2.45, 2.75) is 33.4 Å². The molecule has 0 bridgehead atoms. The summed E-state index contributed by atoms with van der Waals surface area (Å²) in [6.45, 7) is 4.59. The fourth-order valence-electron chi connectivity index (χ4n) is 4.71. The second-order valence-electron chi connectivity index (χ2n) is 9.41. The van der Waals surface area contributed by atoms with Crippen LogP contribution in [0.3, 0.4) is 0 Å². The van der Waals surface area contributed by atoms with Gasteiger partial charge in [0.1, 0.15) is 28.7 Å². The van der Waals surface area contributed by atoms with Crippen molar-refractivity contribution >= 4 is 62.7 Å². The molecule has 0 spiro atoms. The molecule has 10 heteroatoms. The van der Waals surface area contributed by atoms with Crippen molar-refractivity contribution < 1.29 is 24.2 Å². The predicted octanol–water partition coefficient (Wildman–Crippen LogP) is 6.78. The lowest BCUT2D eigenvalue weighted by atomic mass is 10.1. The molecule has 2 N–H and O–H groups in total. The number of amides is 1. The van der Waals surface area contributed by atoms with Gasteiger partial charge in [0, 0.05) is 22.0 Å². The zero-order chi connectivity index (χ0) is 29.6. The maximum Gasteiger partial charge on any atom is 0.344 e. The molecule has 0 saturated heterocycles. The maximum atomic E-state index is 12.9. The minimum absolute atomic E-state index is 0.0230. The van der Waals surface area contributed by atoms with E-state index in [1.165, 1.54) is 11.8 Å². The van der Waals surface area contributed by atoms with E-state index in [-0.39, 0.29) is 30.4 Å². The lowest BCUT2D eigenvalue weighted by Crippen LogP contribution is -2.26. The molecule has 42 heavy (non-hydrogen) atoms. The first-order valence-electron chi connectivity index (χ1n) is 13.5.